The molecule has 8 nitrogen and oxygen atoms in total. The Balaban J connectivity index is 2.07. The van der Waals surface area contributed by atoms with Crippen LogP contribution in [0.5, 0.6) is 0 Å². The molecule has 20 heavy (non-hydrogen) atoms. The average molecular weight is 275 g/mol. The Bertz CT molecular complexity index is 567. The van der Waals surface area contributed by atoms with Gasteiger partial charge in [-0.15, -0.1) is 10.2 Å². The molecule has 0 aliphatic rings. The Kier molecular flexibility index (Phi) is 4.59. The van der Waals surface area contributed by atoms with Crippen LogP contribution in [-0.4, -0.2) is 38.1 Å². The SMILES string of the molecule is CCCNc1cc(C)ncc1C(=O)NCc1nn[nH]n1. The number of tetrazole rings is 1. The molecule has 0 aromatic carbocycles. The highest BCUT2D eigenvalue weighted by molar-refractivity contribution is 5.99. The van der Waals surface area contributed by atoms with E-state index in [1.54, 1.807) is 6.20 Å². The number of rotatable bonds is 6. The summed E-state index contributed by atoms with van der Waals surface area (Å²) in [7, 11) is 0. The normalized spacial score (nSPS) is 10.3. The Morgan fingerprint density at radius 2 is 2.30 bits per heavy atom. The molecule has 0 bridgehead atoms. The van der Waals surface area contributed by atoms with Gasteiger partial charge in [0.2, 0.25) is 0 Å². The fourth-order valence-electron chi connectivity index (χ4n) is 1.66. The molecule has 2 aromatic rings. The highest BCUT2D eigenvalue weighted by Gasteiger charge is 2.12. The summed E-state index contributed by atoms with van der Waals surface area (Å²) in [4.78, 5) is 16.3. The number of carbonyl (C=O) groups is 1. The van der Waals surface area contributed by atoms with Crippen LogP contribution in [0.4, 0.5) is 5.69 Å². The van der Waals surface area contributed by atoms with Crippen molar-refractivity contribution in [2.45, 2.75) is 26.8 Å². The molecule has 0 radical (unpaired) electrons. The molecular formula is C12H17N7O. The van der Waals surface area contributed by atoms with Crippen molar-refractivity contribution in [1.82, 2.24) is 30.9 Å². The fourth-order valence-corrected chi connectivity index (χ4v) is 1.66. The molecule has 8 heteroatoms. The number of aromatic nitrogens is 5. The van der Waals surface area contributed by atoms with Crippen molar-refractivity contribution in [3.8, 4) is 0 Å². The van der Waals surface area contributed by atoms with Gasteiger partial charge in [-0.25, -0.2) is 0 Å². The van der Waals surface area contributed by atoms with E-state index in [1.807, 2.05) is 13.0 Å². The summed E-state index contributed by atoms with van der Waals surface area (Å²) in [6, 6.07) is 1.86. The Morgan fingerprint density at radius 1 is 1.45 bits per heavy atom. The van der Waals surface area contributed by atoms with E-state index in [9.17, 15) is 4.79 Å². The third-order valence-corrected chi connectivity index (χ3v) is 2.65. The van der Waals surface area contributed by atoms with E-state index >= 15 is 0 Å². The lowest BCUT2D eigenvalue weighted by Gasteiger charge is -2.11. The summed E-state index contributed by atoms with van der Waals surface area (Å²) in [5, 5.41) is 19.3. The number of aryl methyl sites for hydroxylation is 1. The first kappa shape index (κ1) is 13.9. The monoisotopic (exact) mass is 275 g/mol. The van der Waals surface area contributed by atoms with Crippen LogP contribution in [0.15, 0.2) is 12.3 Å². The van der Waals surface area contributed by atoms with Crippen molar-refractivity contribution >= 4 is 11.6 Å². The molecule has 0 saturated carbocycles. The van der Waals surface area contributed by atoms with Gasteiger partial charge in [0.15, 0.2) is 5.82 Å². The molecule has 0 spiro atoms. The second-order valence-corrected chi connectivity index (χ2v) is 4.31. The highest BCUT2D eigenvalue weighted by Crippen LogP contribution is 2.15. The molecule has 0 aliphatic heterocycles. The summed E-state index contributed by atoms with van der Waals surface area (Å²) in [6.07, 6.45) is 2.55. The molecule has 106 valence electrons. The van der Waals surface area contributed by atoms with Crippen molar-refractivity contribution in [1.29, 1.82) is 0 Å². The van der Waals surface area contributed by atoms with Gasteiger partial charge in [-0.3, -0.25) is 9.78 Å². The standard InChI is InChI=1S/C12H17N7O/c1-3-4-13-10-5-8(2)14-6-9(10)12(20)15-7-11-16-18-19-17-11/h5-6H,3-4,7H2,1-2H3,(H,13,14)(H,15,20)(H,16,17,18,19). The van der Waals surface area contributed by atoms with Crippen LogP contribution >= 0.6 is 0 Å². The van der Waals surface area contributed by atoms with Crippen molar-refractivity contribution in [3.63, 3.8) is 0 Å². The zero-order valence-corrected chi connectivity index (χ0v) is 11.5. The van der Waals surface area contributed by atoms with Crippen molar-refractivity contribution in [3.05, 3.63) is 29.3 Å². The predicted octanol–water partition coefficient (Wildman–Crippen LogP) is 0.655. The quantitative estimate of drug-likeness (QED) is 0.714. The zero-order valence-electron chi connectivity index (χ0n) is 11.5. The molecule has 3 N–H and O–H groups in total. The minimum Gasteiger partial charge on any atom is -0.384 e. The molecule has 2 heterocycles. The minimum atomic E-state index is -0.221. The third-order valence-electron chi connectivity index (χ3n) is 2.65. The maximum Gasteiger partial charge on any atom is 0.255 e. The molecule has 0 unspecified atom stereocenters. The number of nitrogens with one attached hydrogen (secondary N) is 3. The average Bonchev–Trinajstić information content (AvgIpc) is 2.96. The van der Waals surface area contributed by atoms with Crippen LogP contribution < -0.4 is 10.6 Å². The van der Waals surface area contributed by atoms with Crippen molar-refractivity contribution in [2.75, 3.05) is 11.9 Å². The molecule has 2 aromatic heterocycles. The molecule has 2 rings (SSSR count). The van der Waals surface area contributed by atoms with Gasteiger partial charge in [-0.05, 0) is 19.4 Å². The van der Waals surface area contributed by atoms with Gasteiger partial charge in [0.05, 0.1) is 17.8 Å². The smallest absolute Gasteiger partial charge is 0.255 e. The van der Waals surface area contributed by atoms with Gasteiger partial charge < -0.3 is 10.6 Å². The van der Waals surface area contributed by atoms with Crippen LogP contribution in [0.1, 0.15) is 35.2 Å². The van der Waals surface area contributed by atoms with Crippen LogP contribution in [0, 0.1) is 6.92 Å². The summed E-state index contributed by atoms with van der Waals surface area (Å²) < 4.78 is 0. The van der Waals surface area contributed by atoms with E-state index in [2.05, 4.69) is 43.2 Å². The Morgan fingerprint density at radius 3 is 3.00 bits per heavy atom. The largest absolute Gasteiger partial charge is 0.384 e. The lowest BCUT2D eigenvalue weighted by Crippen LogP contribution is -2.25. The van der Waals surface area contributed by atoms with Crippen LogP contribution in [0.2, 0.25) is 0 Å². The maximum absolute atomic E-state index is 12.2. The molecular weight excluding hydrogens is 258 g/mol. The third kappa shape index (κ3) is 3.50. The van der Waals surface area contributed by atoms with Crippen molar-refractivity contribution in [2.24, 2.45) is 0 Å². The second kappa shape index (κ2) is 6.60. The maximum atomic E-state index is 12.2. The number of carbonyl (C=O) groups excluding carboxylic acids is 1. The van der Waals surface area contributed by atoms with Gasteiger partial charge in [0, 0.05) is 18.4 Å². The predicted molar refractivity (Wildman–Crippen MR) is 73.1 cm³/mol. The lowest BCUT2D eigenvalue weighted by atomic mass is 10.2. The summed E-state index contributed by atoms with van der Waals surface area (Å²) in [5.74, 6) is 0.211. The summed E-state index contributed by atoms with van der Waals surface area (Å²) >= 11 is 0. The van der Waals surface area contributed by atoms with Crippen molar-refractivity contribution < 1.29 is 4.79 Å². The number of H-pyrrole nitrogens is 1. The van der Waals surface area contributed by atoms with Crippen LogP contribution in [0.3, 0.4) is 0 Å². The number of anilines is 1. The van der Waals surface area contributed by atoms with E-state index < -0.39 is 0 Å². The van der Waals surface area contributed by atoms with Gasteiger partial charge >= 0.3 is 0 Å². The first-order valence-electron chi connectivity index (χ1n) is 6.41. The highest BCUT2D eigenvalue weighted by atomic mass is 16.1. The summed E-state index contributed by atoms with van der Waals surface area (Å²) in [5.41, 5.74) is 2.15. The zero-order chi connectivity index (χ0) is 14.4. The van der Waals surface area contributed by atoms with Gasteiger partial charge in [-0.1, -0.05) is 12.1 Å². The molecule has 0 fully saturated rings. The molecule has 0 atom stereocenters. The van der Waals surface area contributed by atoms with E-state index in [1.165, 1.54) is 0 Å². The lowest BCUT2D eigenvalue weighted by molar-refractivity contribution is 0.0950. The van der Waals surface area contributed by atoms with E-state index in [0.717, 1.165) is 24.3 Å². The second-order valence-electron chi connectivity index (χ2n) is 4.31. The Hall–Kier alpha value is -2.51. The number of amides is 1. The van der Waals surface area contributed by atoms with E-state index in [0.29, 0.717) is 11.4 Å². The topological polar surface area (TPSA) is 108 Å². The van der Waals surface area contributed by atoms with E-state index in [4.69, 9.17) is 0 Å². The van der Waals surface area contributed by atoms with E-state index in [-0.39, 0.29) is 12.5 Å². The fraction of sp³-hybridized carbons (Fsp3) is 0.417. The molecule has 0 saturated heterocycles. The number of pyridine rings is 1. The van der Waals surface area contributed by atoms with Gasteiger partial charge in [0.25, 0.3) is 5.91 Å². The Labute approximate surface area is 116 Å². The molecule has 0 aliphatic carbocycles. The minimum absolute atomic E-state index is 0.219. The van der Waals surface area contributed by atoms with Gasteiger partial charge in [0.1, 0.15) is 0 Å². The number of hydrogen-bond donors (Lipinski definition) is 3. The van der Waals surface area contributed by atoms with Gasteiger partial charge in [-0.2, -0.15) is 5.21 Å². The van der Waals surface area contributed by atoms with Crippen LogP contribution in [0.25, 0.3) is 0 Å². The number of aromatic amines is 1. The number of hydrogen-bond acceptors (Lipinski definition) is 6. The first-order chi connectivity index (χ1) is 9.70. The first-order valence-corrected chi connectivity index (χ1v) is 6.41. The van der Waals surface area contributed by atoms with Crippen LogP contribution in [-0.2, 0) is 6.54 Å². The number of nitrogens with zero attached hydrogens (tertiary/aromatic N) is 4. The summed E-state index contributed by atoms with van der Waals surface area (Å²) in [6.45, 7) is 4.97. The molecule has 1 amide bonds.